The van der Waals surface area contributed by atoms with Gasteiger partial charge in [-0.05, 0) is 41.1 Å². The van der Waals surface area contributed by atoms with Gasteiger partial charge < -0.3 is 4.90 Å². The molecule has 0 spiro atoms. The molecule has 0 radical (unpaired) electrons. The number of benzene rings is 1. The molecule has 19 heavy (non-hydrogen) atoms. The zero-order chi connectivity index (χ0) is 14.0. The highest BCUT2D eigenvalue weighted by Crippen LogP contribution is 2.27. The van der Waals surface area contributed by atoms with Crippen LogP contribution in [-0.4, -0.2) is 12.8 Å². The van der Waals surface area contributed by atoms with Crippen LogP contribution in [0.25, 0.3) is 0 Å². The van der Waals surface area contributed by atoms with Crippen LogP contribution in [0.4, 0.5) is 10.1 Å². The van der Waals surface area contributed by atoms with E-state index in [-0.39, 0.29) is 11.3 Å². The number of carbonyl (C=O) groups excluding carboxylic acids is 1. The van der Waals surface area contributed by atoms with Crippen molar-refractivity contribution in [2.75, 3.05) is 11.9 Å². The molecule has 1 heterocycles. The molecule has 100 valence electrons. The molecular weight excluding hydrogens is 329 g/mol. The number of halogens is 2. The number of carbonyl (C=O) groups is 1. The number of rotatable bonds is 4. The molecule has 1 aromatic carbocycles. The standard InChI is InChI=1S/C14H13BrFNOS/c1-9(18)14-12(16)4-3-5-13(14)17(2)7-11-6-10(15)8-19-11/h3-6,8H,7H2,1-2H3. The van der Waals surface area contributed by atoms with Gasteiger partial charge in [0.05, 0.1) is 17.8 Å². The smallest absolute Gasteiger partial charge is 0.164 e. The Morgan fingerprint density at radius 1 is 1.47 bits per heavy atom. The van der Waals surface area contributed by atoms with Crippen molar-refractivity contribution < 1.29 is 9.18 Å². The van der Waals surface area contributed by atoms with Crippen molar-refractivity contribution in [3.63, 3.8) is 0 Å². The molecule has 0 aliphatic carbocycles. The van der Waals surface area contributed by atoms with E-state index in [0.29, 0.717) is 12.2 Å². The van der Waals surface area contributed by atoms with E-state index < -0.39 is 5.82 Å². The van der Waals surface area contributed by atoms with Crippen LogP contribution < -0.4 is 4.90 Å². The third kappa shape index (κ3) is 3.22. The molecule has 2 rings (SSSR count). The molecule has 0 bridgehead atoms. The average molecular weight is 342 g/mol. The predicted octanol–water partition coefficient (Wildman–Crippen LogP) is 4.49. The van der Waals surface area contributed by atoms with Crippen LogP contribution in [-0.2, 0) is 6.54 Å². The molecule has 0 unspecified atom stereocenters. The summed E-state index contributed by atoms with van der Waals surface area (Å²) < 4.78 is 14.8. The first-order valence-electron chi connectivity index (χ1n) is 5.72. The number of anilines is 1. The summed E-state index contributed by atoms with van der Waals surface area (Å²) in [5.74, 6) is -0.725. The number of hydrogen-bond acceptors (Lipinski definition) is 3. The highest BCUT2D eigenvalue weighted by molar-refractivity contribution is 9.10. The van der Waals surface area contributed by atoms with Crippen molar-refractivity contribution >= 4 is 38.7 Å². The Morgan fingerprint density at radius 3 is 2.79 bits per heavy atom. The largest absolute Gasteiger partial charge is 0.369 e. The van der Waals surface area contributed by atoms with E-state index in [2.05, 4.69) is 15.9 Å². The van der Waals surface area contributed by atoms with Crippen LogP contribution in [0, 0.1) is 5.82 Å². The molecular formula is C14H13BrFNOS. The van der Waals surface area contributed by atoms with Gasteiger partial charge in [-0.1, -0.05) is 6.07 Å². The molecule has 0 saturated carbocycles. The Hall–Kier alpha value is -1.20. The van der Waals surface area contributed by atoms with Crippen LogP contribution in [0.1, 0.15) is 22.2 Å². The van der Waals surface area contributed by atoms with Crippen molar-refractivity contribution in [1.29, 1.82) is 0 Å². The summed E-state index contributed by atoms with van der Waals surface area (Å²) in [5.41, 5.74) is 0.776. The number of thiophene rings is 1. The Labute approximate surface area is 124 Å². The molecule has 5 heteroatoms. The highest BCUT2D eigenvalue weighted by Gasteiger charge is 2.16. The van der Waals surface area contributed by atoms with Gasteiger partial charge >= 0.3 is 0 Å². The second kappa shape index (κ2) is 5.84. The lowest BCUT2D eigenvalue weighted by molar-refractivity contribution is 0.101. The minimum absolute atomic E-state index is 0.153. The molecule has 0 fully saturated rings. The van der Waals surface area contributed by atoms with Gasteiger partial charge in [0, 0.05) is 21.8 Å². The summed E-state index contributed by atoms with van der Waals surface area (Å²) >= 11 is 5.03. The summed E-state index contributed by atoms with van der Waals surface area (Å²) in [6.45, 7) is 2.03. The van der Waals surface area contributed by atoms with Gasteiger partial charge in [-0.3, -0.25) is 4.79 Å². The van der Waals surface area contributed by atoms with E-state index in [1.807, 2.05) is 23.4 Å². The van der Waals surface area contributed by atoms with Crippen molar-refractivity contribution in [2.45, 2.75) is 13.5 Å². The minimum atomic E-state index is -0.468. The third-order valence-electron chi connectivity index (χ3n) is 2.77. The number of Topliss-reactive ketones (excluding diaryl/α,β-unsaturated/α-hetero) is 1. The molecule has 0 saturated heterocycles. The van der Waals surface area contributed by atoms with Crippen molar-refractivity contribution in [2.24, 2.45) is 0 Å². The van der Waals surface area contributed by atoms with Crippen LogP contribution in [0.3, 0.4) is 0 Å². The molecule has 0 aliphatic rings. The predicted molar refractivity (Wildman–Crippen MR) is 80.5 cm³/mol. The molecule has 0 aliphatic heterocycles. The summed E-state index contributed by atoms with van der Waals surface area (Å²) in [6.07, 6.45) is 0. The lowest BCUT2D eigenvalue weighted by atomic mass is 10.1. The normalized spacial score (nSPS) is 10.5. The fourth-order valence-electron chi connectivity index (χ4n) is 1.94. The second-order valence-electron chi connectivity index (χ2n) is 4.28. The van der Waals surface area contributed by atoms with E-state index in [0.717, 1.165) is 9.35 Å². The topological polar surface area (TPSA) is 20.3 Å². The molecule has 0 N–H and O–H groups in total. The maximum Gasteiger partial charge on any atom is 0.164 e. The quantitative estimate of drug-likeness (QED) is 0.763. The average Bonchev–Trinajstić information content (AvgIpc) is 2.73. The van der Waals surface area contributed by atoms with E-state index in [1.165, 1.54) is 13.0 Å². The molecule has 1 aromatic heterocycles. The second-order valence-corrected chi connectivity index (χ2v) is 6.19. The van der Waals surface area contributed by atoms with Crippen LogP contribution >= 0.6 is 27.3 Å². The highest BCUT2D eigenvalue weighted by atomic mass is 79.9. The van der Waals surface area contributed by atoms with Gasteiger partial charge in [-0.15, -0.1) is 11.3 Å². The lowest BCUT2D eigenvalue weighted by Gasteiger charge is -2.21. The fraction of sp³-hybridized carbons (Fsp3) is 0.214. The Morgan fingerprint density at radius 2 is 2.21 bits per heavy atom. The first kappa shape index (κ1) is 14.2. The van der Waals surface area contributed by atoms with E-state index in [4.69, 9.17) is 0 Å². The number of ketones is 1. The van der Waals surface area contributed by atoms with E-state index >= 15 is 0 Å². The fourth-order valence-corrected chi connectivity index (χ4v) is 3.44. The molecule has 2 aromatic rings. The van der Waals surface area contributed by atoms with Crippen molar-refractivity contribution in [3.8, 4) is 0 Å². The van der Waals surface area contributed by atoms with Crippen LogP contribution in [0.2, 0.25) is 0 Å². The molecule has 0 atom stereocenters. The summed E-state index contributed by atoms with van der Waals surface area (Å²) in [5, 5.41) is 2.00. The number of hydrogen-bond donors (Lipinski definition) is 0. The van der Waals surface area contributed by atoms with Gasteiger partial charge in [0.1, 0.15) is 5.82 Å². The van der Waals surface area contributed by atoms with Gasteiger partial charge in [0.2, 0.25) is 0 Å². The minimum Gasteiger partial charge on any atom is -0.369 e. The van der Waals surface area contributed by atoms with Crippen LogP contribution in [0.15, 0.2) is 34.1 Å². The van der Waals surface area contributed by atoms with Crippen LogP contribution in [0.5, 0.6) is 0 Å². The monoisotopic (exact) mass is 341 g/mol. The molecule has 0 amide bonds. The molecule has 2 nitrogen and oxygen atoms in total. The summed E-state index contributed by atoms with van der Waals surface area (Å²) in [4.78, 5) is 14.6. The maximum absolute atomic E-state index is 13.8. The lowest BCUT2D eigenvalue weighted by Crippen LogP contribution is -2.19. The zero-order valence-electron chi connectivity index (χ0n) is 10.6. The Bertz CT molecular complexity index is 611. The Kier molecular flexibility index (Phi) is 4.37. The first-order chi connectivity index (χ1) is 8.99. The number of nitrogens with zero attached hydrogens (tertiary/aromatic N) is 1. The van der Waals surface area contributed by atoms with Gasteiger partial charge in [-0.2, -0.15) is 0 Å². The third-order valence-corrected chi connectivity index (χ3v) is 4.45. The maximum atomic E-state index is 13.8. The van der Waals surface area contributed by atoms with Crippen molar-refractivity contribution in [1.82, 2.24) is 0 Å². The Balaban J connectivity index is 2.31. The van der Waals surface area contributed by atoms with E-state index in [9.17, 15) is 9.18 Å². The van der Waals surface area contributed by atoms with Crippen molar-refractivity contribution in [3.05, 3.63) is 50.4 Å². The summed E-state index contributed by atoms with van der Waals surface area (Å²) in [7, 11) is 1.86. The van der Waals surface area contributed by atoms with Gasteiger partial charge in [0.15, 0.2) is 5.78 Å². The summed E-state index contributed by atoms with van der Waals surface area (Å²) in [6, 6.07) is 6.73. The van der Waals surface area contributed by atoms with E-state index in [1.54, 1.807) is 23.5 Å². The zero-order valence-corrected chi connectivity index (χ0v) is 13.0. The van der Waals surface area contributed by atoms with Gasteiger partial charge in [-0.25, -0.2) is 4.39 Å². The van der Waals surface area contributed by atoms with Gasteiger partial charge in [0.25, 0.3) is 0 Å². The first-order valence-corrected chi connectivity index (χ1v) is 7.40. The SMILES string of the molecule is CC(=O)c1c(F)cccc1N(C)Cc1cc(Br)cs1.